The second kappa shape index (κ2) is 5.93. The molecule has 2 aromatic rings. The monoisotopic (exact) mass is 262 g/mol. The highest BCUT2D eigenvalue weighted by Gasteiger charge is 2.05. The summed E-state index contributed by atoms with van der Waals surface area (Å²) >= 11 is 1.61. The minimum Gasteiger partial charge on any atom is -0.354 e. The molecule has 0 saturated heterocycles. The van der Waals surface area contributed by atoms with Gasteiger partial charge in [-0.15, -0.1) is 11.3 Å². The quantitative estimate of drug-likeness (QED) is 0.896. The first kappa shape index (κ1) is 13.0. The third kappa shape index (κ3) is 3.51. The van der Waals surface area contributed by atoms with Gasteiger partial charge in [-0.2, -0.15) is 0 Å². The maximum atomic E-state index is 5.77. The lowest BCUT2D eigenvalue weighted by Gasteiger charge is -2.17. The van der Waals surface area contributed by atoms with Gasteiger partial charge in [0, 0.05) is 24.7 Å². The van der Waals surface area contributed by atoms with Crippen LogP contribution in [-0.2, 0) is 13.0 Å². The van der Waals surface area contributed by atoms with E-state index >= 15 is 0 Å². The Morgan fingerprint density at radius 3 is 2.78 bits per heavy atom. The van der Waals surface area contributed by atoms with Crippen molar-refractivity contribution in [2.24, 2.45) is 5.73 Å². The topological polar surface area (TPSA) is 55.0 Å². The normalized spacial score (nSPS) is 12.4. The van der Waals surface area contributed by atoms with Crippen molar-refractivity contribution in [1.82, 2.24) is 9.97 Å². The van der Waals surface area contributed by atoms with Crippen molar-refractivity contribution in [3.8, 4) is 0 Å². The number of rotatable bonds is 5. The van der Waals surface area contributed by atoms with E-state index in [9.17, 15) is 0 Å². The van der Waals surface area contributed by atoms with Crippen LogP contribution in [-0.4, -0.2) is 23.1 Å². The molecule has 0 amide bonds. The molecule has 1 atom stereocenters. The molecule has 2 heterocycles. The number of aromatic nitrogens is 2. The van der Waals surface area contributed by atoms with Crippen LogP contribution in [0.5, 0.6) is 0 Å². The van der Waals surface area contributed by atoms with Gasteiger partial charge in [-0.3, -0.25) is 0 Å². The SMILES string of the molecule is CC(N)Cc1ccc(N(C)Cc2cscn2)nc1. The van der Waals surface area contributed by atoms with Gasteiger partial charge in [0.25, 0.3) is 0 Å². The van der Waals surface area contributed by atoms with Gasteiger partial charge >= 0.3 is 0 Å². The van der Waals surface area contributed by atoms with Crippen LogP contribution in [0.25, 0.3) is 0 Å². The Morgan fingerprint density at radius 2 is 2.22 bits per heavy atom. The first-order valence-electron chi connectivity index (χ1n) is 5.94. The number of anilines is 1. The van der Waals surface area contributed by atoms with E-state index in [2.05, 4.69) is 26.3 Å². The van der Waals surface area contributed by atoms with E-state index in [1.807, 2.05) is 31.7 Å². The van der Waals surface area contributed by atoms with E-state index < -0.39 is 0 Å². The van der Waals surface area contributed by atoms with E-state index in [-0.39, 0.29) is 6.04 Å². The summed E-state index contributed by atoms with van der Waals surface area (Å²) < 4.78 is 0. The summed E-state index contributed by atoms with van der Waals surface area (Å²) in [4.78, 5) is 10.8. The molecule has 0 fully saturated rings. The minimum absolute atomic E-state index is 0.172. The maximum absolute atomic E-state index is 5.77. The summed E-state index contributed by atoms with van der Waals surface area (Å²) in [5.41, 5.74) is 9.87. The highest BCUT2D eigenvalue weighted by atomic mass is 32.1. The average Bonchev–Trinajstić information content (AvgIpc) is 2.82. The van der Waals surface area contributed by atoms with Gasteiger partial charge in [0.1, 0.15) is 5.82 Å². The Labute approximate surface area is 111 Å². The number of pyridine rings is 1. The van der Waals surface area contributed by atoms with Crippen LogP contribution in [0.15, 0.2) is 29.2 Å². The summed E-state index contributed by atoms with van der Waals surface area (Å²) in [5.74, 6) is 0.955. The molecule has 0 spiro atoms. The first-order valence-corrected chi connectivity index (χ1v) is 6.88. The van der Waals surface area contributed by atoms with Gasteiger partial charge in [-0.1, -0.05) is 6.07 Å². The molecule has 0 radical (unpaired) electrons. The van der Waals surface area contributed by atoms with Crippen molar-refractivity contribution in [3.63, 3.8) is 0 Å². The fourth-order valence-electron chi connectivity index (χ4n) is 1.77. The first-order chi connectivity index (χ1) is 8.65. The predicted octanol–water partition coefficient (Wildman–Crippen LogP) is 2.06. The summed E-state index contributed by atoms with van der Waals surface area (Å²) in [7, 11) is 2.02. The smallest absolute Gasteiger partial charge is 0.128 e. The van der Waals surface area contributed by atoms with Crippen LogP contribution in [0.4, 0.5) is 5.82 Å². The molecule has 0 bridgehead atoms. The number of hydrogen-bond donors (Lipinski definition) is 1. The van der Waals surface area contributed by atoms with Gasteiger partial charge < -0.3 is 10.6 Å². The summed E-state index contributed by atoms with van der Waals surface area (Å²) in [5, 5.41) is 2.06. The molecule has 5 heteroatoms. The standard InChI is InChI=1S/C13H18N4S/c1-10(14)5-11-3-4-13(15-6-11)17(2)7-12-8-18-9-16-12/h3-4,6,8-10H,5,7,14H2,1-2H3. The molecule has 0 aliphatic rings. The van der Waals surface area contributed by atoms with Crippen LogP contribution >= 0.6 is 11.3 Å². The molecule has 2 aromatic heterocycles. The summed E-state index contributed by atoms with van der Waals surface area (Å²) in [6, 6.07) is 4.29. The Hall–Kier alpha value is -1.46. The van der Waals surface area contributed by atoms with E-state index in [1.165, 1.54) is 5.56 Å². The molecule has 4 nitrogen and oxygen atoms in total. The highest BCUT2D eigenvalue weighted by molar-refractivity contribution is 7.07. The Kier molecular flexibility index (Phi) is 4.28. The zero-order chi connectivity index (χ0) is 13.0. The van der Waals surface area contributed by atoms with E-state index in [0.717, 1.165) is 24.5 Å². The average molecular weight is 262 g/mol. The Bertz CT molecular complexity index is 464. The van der Waals surface area contributed by atoms with Gasteiger partial charge in [0.15, 0.2) is 0 Å². The molecular formula is C13H18N4S. The van der Waals surface area contributed by atoms with Gasteiger partial charge in [0.2, 0.25) is 0 Å². The minimum atomic E-state index is 0.172. The zero-order valence-electron chi connectivity index (χ0n) is 10.7. The third-order valence-electron chi connectivity index (χ3n) is 2.64. The van der Waals surface area contributed by atoms with E-state index in [4.69, 9.17) is 5.73 Å². The van der Waals surface area contributed by atoms with Crippen molar-refractivity contribution in [2.75, 3.05) is 11.9 Å². The van der Waals surface area contributed by atoms with E-state index in [1.54, 1.807) is 11.3 Å². The Morgan fingerprint density at radius 1 is 1.39 bits per heavy atom. The molecule has 96 valence electrons. The molecule has 1 unspecified atom stereocenters. The summed E-state index contributed by atoms with van der Waals surface area (Å²) in [6.45, 7) is 2.78. The molecule has 18 heavy (non-hydrogen) atoms. The number of thiazole rings is 1. The molecule has 0 aromatic carbocycles. The van der Waals surface area contributed by atoms with Crippen molar-refractivity contribution < 1.29 is 0 Å². The lowest BCUT2D eigenvalue weighted by Crippen LogP contribution is -2.19. The molecule has 2 rings (SSSR count). The second-order valence-corrected chi connectivity index (χ2v) is 5.26. The van der Waals surface area contributed by atoms with Gasteiger partial charge in [-0.05, 0) is 25.0 Å². The largest absolute Gasteiger partial charge is 0.354 e. The Balaban J connectivity index is 2.00. The molecular weight excluding hydrogens is 244 g/mol. The highest BCUT2D eigenvalue weighted by Crippen LogP contribution is 2.13. The number of nitrogens with two attached hydrogens (primary N) is 1. The van der Waals surface area contributed by atoms with Crippen molar-refractivity contribution >= 4 is 17.2 Å². The van der Waals surface area contributed by atoms with Crippen LogP contribution in [0.3, 0.4) is 0 Å². The third-order valence-corrected chi connectivity index (χ3v) is 3.28. The lowest BCUT2D eigenvalue weighted by atomic mass is 10.1. The van der Waals surface area contributed by atoms with Gasteiger partial charge in [-0.25, -0.2) is 9.97 Å². The molecule has 2 N–H and O–H groups in total. The van der Waals surface area contributed by atoms with Crippen LogP contribution in [0.2, 0.25) is 0 Å². The molecule has 0 saturated carbocycles. The fourth-order valence-corrected chi connectivity index (χ4v) is 2.32. The second-order valence-electron chi connectivity index (χ2n) is 4.54. The number of hydrogen-bond acceptors (Lipinski definition) is 5. The van der Waals surface area contributed by atoms with Crippen molar-refractivity contribution in [2.45, 2.75) is 25.9 Å². The molecule has 0 aliphatic carbocycles. The number of nitrogens with zero attached hydrogens (tertiary/aromatic N) is 3. The van der Waals surface area contributed by atoms with Crippen LogP contribution < -0.4 is 10.6 Å². The zero-order valence-corrected chi connectivity index (χ0v) is 11.5. The van der Waals surface area contributed by atoms with Gasteiger partial charge in [0.05, 0.1) is 17.7 Å². The van der Waals surface area contributed by atoms with Crippen LogP contribution in [0.1, 0.15) is 18.2 Å². The van der Waals surface area contributed by atoms with Crippen molar-refractivity contribution in [1.29, 1.82) is 0 Å². The van der Waals surface area contributed by atoms with E-state index in [0.29, 0.717) is 0 Å². The lowest BCUT2D eigenvalue weighted by molar-refractivity contribution is 0.735. The van der Waals surface area contributed by atoms with Crippen molar-refractivity contribution in [3.05, 3.63) is 40.5 Å². The predicted molar refractivity (Wildman–Crippen MR) is 75.8 cm³/mol. The maximum Gasteiger partial charge on any atom is 0.128 e. The molecule has 0 aliphatic heterocycles. The summed E-state index contributed by atoms with van der Waals surface area (Å²) in [6.07, 6.45) is 2.76. The fraction of sp³-hybridized carbons (Fsp3) is 0.385. The van der Waals surface area contributed by atoms with Crippen LogP contribution in [0, 0.1) is 0 Å².